The Hall–Kier alpha value is -3.43. The molecule has 0 bridgehead atoms. The summed E-state index contributed by atoms with van der Waals surface area (Å²) in [4.78, 5) is 13.2. The fourth-order valence-corrected chi connectivity index (χ4v) is 5.55. The van der Waals surface area contributed by atoms with Gasteiger partial charge >= 0.3 is 12.6 Å². The number of hydrogen-bond acceptors (Lipinski definition) is 9. The van der Waals surface area contributed by atoms with E-state index in [4.69, 9.17) is 42.1 Å². The minimum atomic E-state index is -3.11. The molecule has 0 radical (unpaired) electrons. The van der Waals surface area contributed by atoms with Gasteiger partial charge in [0.15, 0.2) is 35.4 Å². The maximum Gasteiger partial charge on any atom is 0.387 e. The van der Waals surface area contributed by atoms with Crippen molar-refractivity contribution in [1.29, 1.82) is 0 Å². The Morgan fingerprint density at radius 3 is 2.33 bits per heavy atom. The number of ether oxygens (including phenoxy) is 5. The molecule has 250 valence electrons. The highest BCUT2D eigenvalue weighted by Crippen LogP contribution is 2.38. The van der Waals surface area contributed by atoms with E-state index < -0.39 is 36.5 Å². The van der Waals surface area contributed by atoms with Gasteiger partial charge in [-0.05, 0) is 60.6 Å². The molecular weight excluding hydrogens is 673 g/mol. The topological polar surface area (TPSA) is 134 Å². The van der Waals surface area contributed by atoms with Gasteiger partial charge in [-0.1, -0.05) is 35.3 Å². The summed E-state index contributed by atoms with van der Waals surface area (Å²) in [6.07, 6.45) is 2.97. The van der Waals surface area contributed by atoms with Crippen LogP contribution in [-0.2, 0) is 33.6 Å². The summed E-state index contributed by atoms with van der Waals surface area (Å²) >= 11 is 9.80. The highest BCUT2D eigenvalue weighted by Gasteiger charge is 2.27. The number of halogens is 4. The molecule has 1 saturated carbocycles. The average Bonchev–Trinajstić information content (AvgIpc) is 3.84. The molecular formula is C30H31Cl2F2N2O9S-. The second-order valence-corrected chi connectivity index (χ2v) is 12.1. The molecule has 2 aromatic carbocycles. The van der Waals surface area contributed by atoms with E-state index in [0.29, 0.717) is 21.8 Å². The van der Waals surface area contributed by atoms with Crippen LogP contribution in [0.1, 0.15) is 35.6 Å². The van der Waals surface area contributed by atoms with E-state index in [1.54, 1.807) is 18.2 Å². The number of methoxy groups -OCH3 is 2. The zero-order valence-corrected chi connectivity index (χ0v) is 27.1. The van der Waals surface area contributed by atoms with Crippen LogP contribution in [0, 0.1) is 11.1 Å². The summed E-state index contributed by atoms with van der Waals surface area (Å²) in [7, 11) is 2.97. The number of carbonyl (C=O) groups excluding carboxylic acids is 1. The van der Waals surface area contributed by atoms with Gasteiger partial charge < -0.3 is 33.4 Å². The number of esters is 1. The van der Waals surface area contributed by atoms with E-state index in [9.17, 15) is 27.5 Å². The number of rotatable bonds is 17. The van der Waals surface area contributed by atoms with Gasteiger partial charge in [0.2, 0.25) is 0 Å². The summed E-state index contributed by atoms with van der Waals surface area (Å²) in [5.41, 5.74) is 1.29. The third-order valence-electron chi connectivity index (χ3n) is 7.06. The first-order valence-electron chi connectivity index (χ1n) is 14.0. The number of pyridine rings is 1. The molecule has 2 unspecified atom stereocenters. The van der Waals surface area contributed by atoms with Crippen molar-refractivity contribution in [2.24, 2.45) is 5.92 Å². The number of aromatic nitrogens is 1. The Morgan fingerprint density at radius 1 is 1.04 bits per heavy atom. The Labute approximate surface area is 276 Å². The molecule has 4 rings (SSSR count). The molecule has 1 heterocycles. The number of carbonyl (C=O) groups is 1. The number of alkyl halides is 2. The van der Waals surface area contributed by atoms with Crippen LogP contribution in [-0.4, -0.2) is 59.6 Å². The fraction of sp³-hybridized carbons (Fsp3) is 0.400. The van der Waals surface area contributed by atoms with Gasteiger partial charge in [0.25, 0.3) is 0 Å². The van der Waals surface area contributed by atoms with Gasteiger partial charge in [-0.25, -0.2) is 4.31 Å². The van der Waals surface area contributed by atoms with E-state index in [1.165, 1.54) is 32.4 Å². The molecule has 1 aliphatic carbocycles. The Morgan fingerprint density at radius 2 is 1.72 bits per heavy atom. The van der Waals surface area contributed by atoms with Crippen molar-refractivity contribution in [3.63, 3.8) is 0 Å². The van der Waals surface area contributed by atoms with E-state index in [-0.39, 0.29) is 59.0 Å². The SMILES string of the molecule is COc1ccc(CCN(CC(=O)OC(Cc2c(Cl)c[n+]([O-])cc2Cl)c2ccc(OC(F)F)c(OCC3CC3)c2)S(=O)[O-])cc1OC. The van der Waals surface area contributed by atoms with Crippen LogP contribution in [0.25, 0.3) is 0 Å². The van der Waals surface area contributed by atoms with Crippen LogP contribution in [0.4, 0.5) is 8.78 Å². The van der Waals surface area contributed by atoms with Crippen LogP contribution >= 0.6 is 23.2 Å². The molecule has 2 atom stereocenters. The Kier molecular flexibility index (Phi) is 12.6. The van der Waals surface area contributed by atoms with Crippen LogP contribution < -0.4 is 23.7 Å². The lowest BCUT2D eigenvalue weighted by atomic mass is 10.0. The van der Waals surface area contributed by atoms with Gasteiger partial charge in [0.05, 0.1) is 20.8 Å². The smallest absolute Gasteiger partial charge is 0.387 e. The molecule has 1 aliphatic rings. The average molecular weight is 705 g/mol. The maximum absolute atomic E-state index is 13.2. The molecule has 0 saturated heterocycles. The first-order chi connectivity index (χ1) is 22.0. The Bertz CT molecular complexity index is 1530. The van der Waals surface area contributed by atoms with Crippen molar-refractivity contribution < 1.29 is 50.8 Å². The number of hydrogen-bond donors (Lipinski definition) is 0. The zero-order valence-electron chi connectivity index (χ0n) is 24.8. The van der Waals surface area contributed by atoms with Gasteiger partial charge in [-0.2, -0.15) is 13.5 Å². The molecule has 46 heavy (non-hydrogen) atoms. The van der Waals surface area contributed by atoms with Gasteiger partial charge in [0, 0.05) is 29.8 Å². The summed E-state index contributed by atoms with van der Waals surface area (Å²) in [6, 6.07) is 9.18. The van der Waals surface area contributed by atoms with Crippen molar-refractivity contribution in [2.75, 3.05) is 33.9 Å². The van der Waals surface area contributed by atoms with Gasteiger partial charge in [-0.3, -0.25) is 9.00 Å². The highest BCUT2D eigenvalue weighted by atomic mass is 35.5. The Balaban J connectivity index is 1.57. The number of benzene rings is 2. The normalized spacial score (nSPS) is 14.2. The molecule has 1 fully saturated rings. The lowest BCUT2D eigenvalue weighted by Crippen LogP contribution is -2.35. The van der Waals surface area contributed by atoms with E-state index >= 15 is 0 Å². The van der Waals surface area contributed by atoms with Crippen LogP contribution in [0.15, 0.2) is 48.8 Å². The molecule has 0 aliphatic heterocycles. The minimum absolute atomic E-state index is 0.00520. The number of nitrogens with zero attached hydrogens (tertiary/aromatic N) is 2. The summed E-state index contributed by atoms with van der Waals surface area (Å²) < 4.78 is 78.3. The molecule has 0 amide bonds. The highest BCUT2D eigenvalue weighted by molar-refractivity contribution is 7.76. The third-order valence-corrected chi connectivity index (χ3v) is 8.45. The second kappa shape index (κ2) is 16.4. The second-order valence-electron chi connectivity index (χ2n) is 10.3. The molecule has 1 aromatic heterocycles. The van der Waals surface area contributed by atoms with E-state index in [1.807, 2.05) is 0 Å². The van der Waals surface area contributed by atoms with Crippen molar-refractivity contribution >= 4 is 40.4 Å². The van der Waals surface area contributed by atoms with Crippen molar-refractivity contribution in [3.8, 4) is 23.0 Å². The van der Waals surface area contributed by atoms with Gasteiger partial charge in [-0.15, -0.1) is 0 Å². The lowest BCUT2D eigenvalue weighted by Gasteiger charge is -2.26. The summed E-state index contributed by atoms with van der Waals surface area (Å²) in [5, 5.41) is 11.8. The van der Waals surface area contributed by atoms with E-state index in [0.717, 1.165) is 35.1 Å². The first-order valence-corrected chi connectivity index (χ1v) is 15.8. The molecule has 0 spiro atoms. The lowest BCUT2D eigenvalue weighted by molar-refractivity contribution is -0.605. The fourth-order valence-electron chi connectivity index (χ4n) is 4.50. The minimum Gasteiger partial charge on any atom is -0.760 e. The van der Waals surface area contributed by atoms with Crippen LogP contribution in [0.2, 0.25) is 10.0 Å². The van der Waals surface area contributed by atoms with Crippen molar-refractivity contribution in [3.05, 3.63) is 80.7 Å². The van der Waals surface area contributed by atoms with E-state index in [2.05, 4.69) is 4.74 Å². The molecule has 0 N–H and O–H groups in total. The quantitative estimate of drug-likeness (QED) is 0.0805. The predicted molar refractivity (Wildman–Crippen MR) is 163 cm³/mol. The first kappa shape index (κ1) is 35.4. The molecule has 3 aromatic rings. The summed E-state index contributed by atoms with van der Waals surface area (Å²) in [6.45, 7) is -3.54. The maximum atomic E-state index is 13.2. The van der Waals surface area contributed by atoms with Gasteiger partial charge in [0.1, 0.15) is 22.7 Å². The monoisotopic (exact) mass is 703 g/mol. The predicted octanol–water partition coefficient (Wildman–Crippen LogP) is 5.20. The molecule has 11 nitrogen and oxygen atoms in total. The summed E-state index contributed by atoms with van der Waals surface area (Å²) in [5.74, 6) is 0.126. The van der Waals surface area contributed by atoms with Crippen molar-refractivity contribution in [1.82, 2.24) is 4.31 Å². The zero-order chi connectivity index (χ0) is 33.4. The third kappa shape index (κ3) is 10.0. The molecule has 16 heteroatoms. The standard InChI is InChI=1S/C30H32Cl2F2N2O9S/c1-41-24-7-5-18(11-27(24)42-2)9-10-36(46(39)40)16-29(37)44-26(13-21-22(31)14-35(38)15-23(21)32)20-6-8-25(45-30(33)34)28(12-20)43-17-19-3-4-19/h5-8,11-12,14-15,19,26,30H,3-4,9-10,13,16-17H2,1-2H3,(H,39,40)/p-1. The largest absolute Gasteiger partial charge is 0.760 e. The van der Waals surface area contributed by atoms with Crippen LogP contribution in [0.5, 0.6) is 23.0 Å². The van der Waals surface area contributed by atoms with Crippen molar-refractivity contribution in [2.45, 2.75) is 38.4 Å². The van der Waals surface area contributed by atoms with Crippen LogP contribution in [0.3, 0.4) is 0 Å².